The normalized spacial score (nSPS) is 19.3. The Hall–Kier alpha value is -0.710. The van der Waals surface area contributed by atoms with Gasteiger partial charge in [-0.15, -0.1) is 0 Å². The summed E-state index contributed by atoms with van der Waals surface area (Å²) in [6, 6.07) is 1.70. The summed E-state index contributed by atoms with van der Waals surface area (Å²) in [4.78, 5) is 6.45. The molecule has 100 valence electrons. The van der Waals surface area contributed by atoms with Crippen LogP contribution in [-0.2, 0) is 0 Å². The number of aromatic nitrogens is 1. The Bertz CT molecular complexity index is 428. The molecule has 1 saturated heterocycles. The summed E-state index contributed by atoms with van der Waals surface area (Å²) in [5.74, 6) is 1.34. The molecule has 18 heavy (non-hydrogen) atoms. The van der Waals surface area contributed by atoms with E-state index in [4.69, 9.17) is 23.2 Å². The Morgan fingerprint density at radius 2 is 2.28 bits per heavy atom. The van der Waals surface area contributed by atoms with Crippen molar-refractivity contribution in [2.45, 2.75) is 25.9 Å². The number of hydrogen-bond acceptors (Lipinski definition) is 4. The second-order valence-electron chi connectivity index (χ2n) is 4.44. The third-order valence-corrected chi connectivity index (χ3v) is 3.48. The molecule has 2 heterocycles. The van der Waals surface area contributed by atoms with Crippen LogP contribution in [-0.4, -0.2) is 35.8 Å². The first-order valence-electron chi connectivity index (χ1n) is 6.14. The minimum absolute atomic E-state index is 0.300. The number of rotatable bonds is 4. The topological polar surface area (TPSA) is 48.4 Å². The van der Waals surface area contributed by atoms with Gasteiger partial charge in [0.25, 0.3) is 0 Å². The van der Waals surface area contributed by atoms with Crippen LogP contribution < -0.4 is 10.2 Å². The van der Waals surface area contributed by atoms with Crippen LogP contribution in [0.25, 0.3) is 0 Å². The molecule has 1 aliphatic rings. The molecule has 0 amide bonds. The van der Waals surface area contributed by atoms with Crippen molar-refractivity contribution in [1.29, 1.82) is 0 Å². The summed E-state index contributed by atoms with van der Waals surface area (Å²) >= 11 is 12.3. The third-order valence-electron chi connectivity index (χ3n) is 2.92. The molecular formula is C12H17Cl2N3O. The Morgan fingerprint density at radius 3 is 2.89 bits per heavy atom. The fourth-order valence-electron chi connectivity index (χ4n) is 1.98. The zero-order valence-corrected chi connectivity index (χ0v) is 11.8. The highest BCUT2D eigenvalue weighted by Crippen LogP contribution is 2.33. The van der Waals surface area contributed by atoms with Crippen LogP contribution in [0.15, 0.2) is 6.07 Å². The minimum atomic E-state index is -0.300. The van der Waals surface area contributed by atoms with E-state index in [1.165, 1.54) is 0 Å². The first-order valence-corrected chi connectivity index (χ1v) is 6.90. The third kappa shape index (κ3) is 2.99. The van der Waals surface area contributed by atoms with Gasteiger partial charge >= 0.3 is 0 Å². The van der Waals surface area contributed by atoms with Crippen molar-refractivity contribution >= 4 is 34.8 Å². The van der Waals surface area contributed by atoms with Gasteiger partial charge in [0.1, 0.15) is 11.6 Å². The Kier molecular flexibility index (Phi) is 4.54. The van der Waals surface area contributed by atoms with E-state index in [0.717, 1.165) is 25.9 Å². The molecule has 4 nitrogen and oxygen atoms in total. The van der Waals surface area contributed by atoms with Crippen LogP contribution in [0.3, 0.4) is 0 Å². The van der Waals surface area contributed by atoms with Gasteiger partial charge in [-0.05, 0) is 18.9 Å². The van der Waals surface area contributed by atoms with Crippen LogP contribution >= 0.6 is 23.2 Å². The molecule has 0 spiro atoms. The number of hydrogen-bond donors (Lipinski definition) is 2. The smallest absolute Gasteiger partial charge is 0.150 e. The van der Waals surface area contributed by atoms with Crippen molar-refractivity contribution in [3.8, 4) is 0 Å². The lowest BCUT2D eigenvalue weighted by molar-refractivity contribution is 0.198. The summed E-state index contributed by atoms with van der Waals surface area (Å²) in [5, 5.41) is 13.8. The van der Waals surface area contributed by atoms with Crippen molar-refractivity contribution in [2.24, 2.45) is 0 Å². The molecule has 1 aromatic rings. The summed E-state index contributed by atoms with van der Waals surface area (Å²) in [6.07, 6.45) is 1.45. The lowest BCUT2D eigenvalue weighted by Gasteiger charge is -2.19. The molecule has 0 bridgehead atoms. The van der Waals surface area contributed by atoms with Crippen molar-refractivity contribution in [2.75, 3.05) is 29.9 Å². The van der Waals surface area contributed by atoms with Crippen molar-refractivity contribution in [3.63, 3.8) is 0 Å². The van der Waals surface area contributed by atoms with Crippen LogP contribution in [0, 0.1) is 0 Å². The zero-order chi connectivity index (χ0) is 13.1. The van der Waals surface area contributed by atoms with E-state index in [1.807, 2.05) is 4.90 Å². The van der Waals surface area contributed by atoms with Gasteiger partial charge in [-0.2, -0.15) is 0 Å². The number of pyridine rings is 1. The Morgan fingerprint density at radius 1 is 1.50 bits per heavy atom. The maximum atomic E-state index is 9.56. The number of halogens is 2. The maximum absolute atomic E-state index is 9.56. The van der Waals surface area contributed by atoms with Gasteiger partial charge in [-0.3, -0.25) is 0 Å². The van der Waals surface area contributed by atoms with E-state index in [0.29, 0.717) is 28.2 Å². The highest BCUT2D eigenvalue weighted by Gasteiger charge is 2.24. The fraction of sp³-hybridized carbons (Fsp3) is 0.583. The van der Waals surface area contributed by atoms with E-state index in [9.17, 15) is 5.11 Å². The highest BCUT2D eigenvalue weighted by molar-refractivity contribution is 6.37. The number of β-amino-alcohol motifs (C(OH)–C–C–N with tert-alkyl or cyclic N) is 1. The lowest BCUT2D eigenvalue weighted by atomic mass is 10.3. The average molecular weight is 290 g/mol. The first kappa shape index (κ1) is 13.7. The summed E-state index contributed by atoms with van der Waals surface area (Å²) in [5.41, 5.74) is 0. The lowest BCUT2D eigenvalue weighted by Crippen LogP contribution is -2.23. The van der Waals surface area contributed by atoms with E-state index in [1.54, 1.807) is 6.07 Å². The van der Waals surface area contributed by atoms with Gasteiger partial charge in [-0.25, -0.2) is 4.98 Å². The molecule has 0 aliphatic carbocycles. The van der Waals surface area contributed by atoms with Gasteiger partial charge < -0.3 is 15.3 Å². The molecule has 1 atom stereocenters. The highest BCUT2D eigenvalue weighted by atomic mass is 35.5. The van der Waals surface area contributed by atoms with Gasteiger partial charge in [0.2, 0.25) is 0 Å². The number of aliphatic hydroxyl groups is 1. The van der Waals surface area contributed by atoms with Crippen LogP contribution in [0.4, 0.5) is 11.6 Å². The van der Waals surface area contributed by atoms with E-state index < -0.39 is 0 Å². The largest absolute Gasteiger partial charge is 0.391 e. The van der Waals surface area contributed by atoms with Crippen molar-refractivity contribution < 1.29 is 5.11 Å². The number of aliphatic hydroxyl groups excluding tert-OH is 1. The summed E-state index contributed by atoms with van der Waals surface area (Å²) < 4.78 is 0. The average Bonchev–Trinajstić information content (AvgIpc) is 2.74. The second kappa shape index (κ2) is 5.95. The quantitative estimate of drug-likeness (QED) is 0.895. The van der Waals surface area contributed by atoms with Crippen molar-refractivity contribution in [3.05, 3.63) is 16.1 Å². The number of nitrogens with zero attached hydrogens (tertiary/aromatic N) is 2. The first-order chi connectivity index (χ1) is 8.61. The number of nitrogens with one attached hydrogen (secondary N) is 1. The molecule has 1 unspecified atom stereocenters. The summed E-state index contributed by atoms with van der Waals surface area (Å²) in [6.45, 7) is 4.23. The van der Waals surface area contributed by atoms with E-state index >= 15 is 0 Å². The Balaban J connectivity index is 2.23. The van der Waals surface area contributed by atoms with E-state index in [-0.39, 0.29) is 6.10 Å². The minimum Gasteiger partial charge on any atom is -0.391 e. The SMILES string of the molecule is CCCNc1nc(N2CCC(O)C2)c(Cl)cc1Cl. The fourth-order valence-corrected chi connectivity index (χ4v) is 2.53. The monoisotopic (exact) mass is 289 g/mol. The molecule has 6 heteroatoms. The molecular weight excluding hydrogens is 273 g/mol. The van der Waals surface area contributed by atoms with Crippen LogP contribution in [0.2, 0.25) is 10.0 Å². The van der Waals surface area contributed by atoms with Gasteiger partial charge in [-0.1, -0.05) is 30.1 Å². The molecule has 2 rings (SSSR count). The maximum Gasteiger partial charge on any atom is 0.150 e. The second-order valence-corrected chi connectivity index (χ2v) is 5.25. The van der Waals surface area contributed by atoms with Gasteiger partial charge in [0.05, 0.1) is 16.1 Å². The Labute approximate surface area is 117 Å². The molecule has 1 aliphatic heterocycles. The van der Waals surface area contributed by atoms with Gasteiger partial charge in [0.15, 0.2) is 0 Å². The van der Waals surface area contributed by atoms with Crippen molar-refractivity contribution in [1.82, 2.24) is 4.98 Å². The zero-order valence-electron chi connectivity index (χ0n) is 10.3. The van der Waals surface area contributed by atoms with Crippen LogP contribution in [0.1, 0.15) is 19.8 Å². The standard InChI is InChI=1S/C12H17Cl2N3O/c1-2-4-15-11-9(13)6-10(14)12(16-11)17-5-3-8(18)7-17/h6,8,18H,2-5,7H2,1H3,(H,15,16). The molecule has 2 N–H and O–H groups in total. The predicted octanol–water partition coefficient (Wildman–Crippen LogP) is 2.78. The van der Waals surface area contributed by atoms with Crippen LogP contribution in [0.5, 0.6) is 0 Å². The molecule has 0 aromatic carbocycles. The molecule has 1 aromatic heterocycles. The molecule has 0 saturated carbocycles. The molecule has 0 radical (unpaired) electrons. The van der Waals surface area contributed by atoms with Gasteiger partial charge in [0, 0.05) is 19.6 Å². The number of anilines is 2. The molecule has 1 fully saturated rings. The van der Waals surface area contributed by atoms with E-state index in [2.05, 4.69) is 17.2 Å². The predicted molar refractivity (Wildman–Crippen MR) is 75.9 cm³/mol. The summed E-state index contributed by atoms with van der Waals surface area (Å²) in [7, 11) is 0.